The van der Waals surface area contributed by atoms with E-state index in [9.17, 15) is 9.18 Å². The Balaban J connectivity index is 1.58. The maximum atomic E-state index is 13.2. The van der Waals surface area contributed by atoms with E-state index in [2.05, 4.69) is 21.4 Å². The van der Waals surface area contributed by atoms with E-state index in [0.717, 1.165) is 16.7 Å². The van der Waals surface area contributed by atoms with E-state index in [1.807, 2.05) is 37.3 Å². The minimum absolute atomic E-state index is 0.176. The standard InChI is InChI=1S/C24H22FN5O/c1-16(19-5-4-6-20(15-19)18-11-13-26-14-12-18)29(3)24(31)23-17(2)30(28-27-23)22-9-7-21(25)8-10-22/h4-16H,1-3H3/t16-/m1/s1. The van der Waals surface area contributed by atoms with Crippen molar-refractivity contribution in [1.29, 1.82) is 0 Å². The summed E-state index contributed by atoms with van der Waals surface area (Å²) >= 11 is 0. The Hall–Kier alpha value is -3.87. The van der Waals surface area contributed by atoms with Crippen LogP contribution in [0.25, 0.3) is 16.8 Å². The zero-order chi connectivity index (χ0) is 22.0. The largest absolute Gasteiger partial charge is 0.333 e. The van der Waals surface area contributed by atoms with Gasteiger partial charge in [0.25, 0.3) is 5.91 Å². The first-order chi connectivity index (χ1) is 15.0. The summed E-state index contributed by atoms with van der Waals surface area (Å²) in [5, 5.41) is 8.19. The van der Waals surface area contributed by atoms with E-state index >= 15 is 0 Å². The molecule has 4 rings (SSSR count). The predicted molar refractivity (Wildman–Crippen MR) is 116 cm³/mol. The van der Waals surface area contributed by atoms with Gasteiger partial charge in [-0.1, -0.05) is 23.4 Å². The minimum atomic E-state index is -0.333. The van der Waals surface area contributed by atoms with Gasteiger partial charge in [-0.15, -0.1) is 5.10 Å². The van der Waals surface area contributed by atoms with Gasteiger partial charge in [0.15, 0.2) is 5.69 Å². The Morgan fingerprint density at radius 3 is 2.45 bits per heavy atom. The molecule has 7 heteroatoms. The molecule has 6 nitrogen and oxygen atoms in total. The van der Waals surface area contributed by atoms with E-state index in [-0.39, 0.29) is 23.5 Å². The van der Waals surface area contributed by atoms with Gasteiger partial charge in [-0.05, 0) is 73.0 Å². The number of halogens is 1. The average Bonchev–Trinajstić information content (AvgIpc) is 3.20. The highest BCUT2D eigenvalue weighted by Crippen LogP contribution is 2.26. The molecular formula is C24H22FN5O. The van der Waals surface area contributed by atoms with Crippen LogP contribution in [0.1, 0.15) is 34.7 Å². The molecule has 4 aromatic rings. The molecule has 156 valence electrons. The summed E-state index contributed by atoms with van der Waals surface area (Å²) < 4.78 is 14.8. The second kappa shape index (κ2) is 8.47. The molecule has 0 aliphatic heterocycles. The summed E-state index contributed by atoms with van der Waals surface area (Å²) in [5.74, 6) is -0.562. The molecule has 0 saturated carbocycles. The maximum absolute atomic E-state index is 13.2. The van der Waals surface area contributed by atoms with Gasteiger partial charge in [0.2, 0.25) is 0 Å². The first-order valence-electron chi connectivity index (χ1n) is 9.91. The number of pyridine rings is 1. The van der Waals surface area contributed by atoms with Crippen molar-refractivity contribution in [2.75, 3.05) is 7.05 Å². The maximum Gasteiger partial charge on any atom is 0.276 e. The van der Waals surface area contributed by atoms with E-state index < -0.39 is 0 Å². The minimum Gasteiger partial charge on any atom is -0.333 e. The van der Waals surface area contributed by atoms with Crippen LogP contribution in [0.5, 0.6) is 0 Å². The molecule has 2 aromatic carbocycles. The highest BCUT2D eigenvalue weighted by molar-refractivity contribution is 5.93. The fourth-order valence-corrected chi connectivity index (χ4v) is 3.44. The molecular weight excluding hydrogens is 393 g/mol. The summed E-state index contributed by atoms with van der Waals surface area (Å²) in [6.07, 6.45) is 3.52. The Labute approximate surface area is 180 Å². The van der Waals surface area contributed by atoms with Crippen LogP contribution in [0.15, 0.2) is 73.1 Å². The van der Waals surface area contributed by atoms with Gasteiger partial charge >= 0.3 is 0 Å². The van der Waals surface area contributed by atoms with Crippen molar-refractivity contribution >= 4 is 5.91 Å². The van der Waals surface area contributed by atoms with E-state index in [1.54, 1.807) is 43.4 Å². The molecule has 0 N–H and O–H groups in total. The summed E-state index contributed by atoms with van der Waals surface area (Å²) in [5.41, 5.74) is 4.65. The SMILES string of the molecule is Cc1c(C(=O)N(C)[C@H](C)c2cccc(-c3ccncc3)c2)nnn1-c1ccc(F)cc1. The fourth-order valence-electron chi connectivity index (χ4n) is 3.44. The highest BCUT2D eigenvalue weighted by atomic mass is 19.1. The van der Waals surface area contributed by atoms with Crippen LogP contribution in [-0.4, -0.2) is 37.8 Å². The Morgan fingerprint density at radius 2 is 1.74 bits per heavy atom. The third-order valence-corrected chi connectivity index (χ3v) is 5.45. The molecule has 1 atom stereocenters. The molecule has 2 aromatic heterocycles. The van der Waals surface area contributed by atoms with Crippen LogP contribution < -0.4 is 0 Å². The molecule has 0 unspecified atom stereocenters. The van der Waals surface area contributed by atoms with Crippen LogP contribution in [0.3, 0.4) is 0 Å². The molecule has 31 heavy (non-hydrogen) atoms. The number of amides is 1. The summed E-state index contributed by atoms with van der Waals surface area (Å²) in [7, 11) is 1.75. The third kappa shape index (κ3) is 4.07. The number of rotatable bonds is 5. The summed E-state index contributed by atoms with van der Waals surface area (Å²) in [6.45, 7) is 3.75. The number of carbonyl (C=O) groups is 1. The quantitative estimate of drug-likeness (QED) is 0.478. The van der Waals surface area contributed by atoms with Crippen molar-refractivity contribution in [3.05, 3.63) is 95.8 Å². The second-order valence-corrected chi connectivity index (χ2v) is 7.37. The van der Waals surface area contributed by atoms with Gasteiger partial charge in [0, 0.05) is 19.4 Å². The zero-order valence-corrected chi connectivity index (χ0v) is 17.5. The molecule has 0 spiro atoms. The van der Waals surface area contributed by atoms with Crippen LogP contribution >= 0.6 is 0 Å². The van der Waals surface area contributed by atoms with Crippen LogP contribution in [0, 0.1) is 12.7 Å². The molecule has 1 amide bonds. The smallest absolute Gasteiger partial charge is 0.276 e. The summed E-state index contributed by atoms with van der Waals surface area (Å²) in [6, 6.07) is 17.7. The van der Waals surface area contributed by atoms with Crippen molar-refractivity contribution in [2.24, 2.45) is 0 Å². The van der Waals surface area contributed by atoms with Crippen LogP contribution in [0.4, 0.5) is 4.39 Å². The topological polar surface area (TPSA) is 63.9 Å². The van der Waals surface area contributed by atoms with Crippen LogP contribution in [0.2, 0.25) is 0 Å². The number of benzene rings is 2. The van der Waals surface area contributed by atoms with E-state index in [1.165, 1.54) is 16.8 Å². The van der Waals surface area contributed by atoms with Crippen molar-refractivity contribution in [3.63, 3.8) is 0 Å². The number of carbonyl (C=O) groups excluding carboxylic acids is 1. The van der Waals surface area contributed by atoms with Gasteiger partial charge in [-0.25, -0.2) is 9.07 Å². The number of nitrogens with zero attached hydrogens (tertiary/aromatic N) is 5. The molecule has 0 fully saturated rings. The average molecular weight is 415 g/mol. The summed E-state index contributed by atoms with van der Waals surface area (Å²) in [4.78, 5) is 18.9. The van der Waals surface area contributed by atoms with Gasteiger partial charge in [-0.2, -0.15) is 0 Å². The van der Waals surface area contributed by atoms with E-state index in [4.69, 9.17) is 0 Å². The molecule has 0 radical (unpaired) electrons. The third-order valence-electron chi connectivity index (χ3n) is 5.45. The molecule has 0 saturated heterocycles. The molecule has 2 heterocycles. The first kappa shape index (κ1) is 20.4. The number of aromatic nitrogens is 4. The lowest BCUT2D eigenvalue weighted by Crippen LogP contribution is -2.30. The second-order valence-electron chi connectivity index (χ2n) is 7.37. The fraction of sp³-hybridized carbons (Fsp3) is 0.167. The van der Waals surface area contributed by atoms with Crippen molar-refractivity contribution in [2.45, 2.75) is 19.9 Å². The molecule has 0 bridgehead atoms. The first-order valence-corrected chi connectivity index (χ1v) is 9.91. The van der Waals surface area contributed by atoms with Crippen LogP contribution in [-0.2, 0) is 0 Å². The Morgan fingerprint density at radius 1 is 1.03 bits per heavy atom. The lowest BCUT2D eigenvalue weighted by atomic mass is 10.00. The highest BCUT2D eigenvalue weighted by Gasteiger charge is 2.25. The monoisotopic (exact) mass is 415 g/mol. The van der Waals surface area contributed by atoms with Gasteiger partial charge < -0.3 is 4.90 Å². The predicted octanol–water partition coefficient (Wildman–Crippen LogP) is 4.61. The van der Waals surface area contributed by atoms with Gasteiger partial charge in [0.1, 0.15) is 5.82 Å². The number of hydrogen-bond acceptors (Lipinski definition) is 4. The zero-order valence-electron chi connectivity index (χ0n) is 17.5. The Kier molecular flexibility index (Phi) is 5.58. The Bertz CT molecular complexity index is 1200. The lowest BCUT2D eigenvalue weighted by molar-refractivity contribution is 0.0736. The van der Waals surface area contributed by atoms with Gasteiger partial charge in [0.05, 0.1) is 17.4 Å². The van der Waals surface area contributed by atoms with Crippen molar-refractivity contribution in [1.82, 2.24) is 24.9 Å². The number of hydrogen-bond donors (Lipinski definition) is 0. The molecule has 0 aliphatic carbocycles. The van der Waals surface area contributed by atoms with Crippen molar-refractivity contribution < 1.29 is 9.18 Å². The lowest BCUT2D eigenvalue weighted by Gasteiger charge is -2.25. The van der Waals surface area contributed by atoms with Crippen molar-refractivity contribution in [3.8, 4) is 16.8 Å². The molecule has 0 aliphatic rings. The normalized spacial score (nSPS) is 11.9. The van der Waals surface area contributed by atoms with Gasteiger partial charge in [-0.3, -0.25) is 9.78 Å². The van der Waals surface area contributed by atoms with E-state index in [0.29, 0.717) is 11.4 Å².